The van der Waals surface area contributed by atoms with Crippen LogP contribution in [-0.4, -0.2) is 86.3 Å². The third-order valence-corrected chi connectivity index (χ3v) is 4.15. The highest BCUT2D eigenvalue weighted by Gasteiger charge is 2.52. The topological polar surface area (TPSA) is 88.7 Å². The Hall–Kier alpha value is -1.22. The highest BCUT2D eigenvalue weighted by Crippen LogP contribution is 2.22. The average Bonchev–Trinajstić information content (AvgIpc) is 2.50. The van der Waals surface area contributed by atoms with Crippen LogP contribution in [0, 0.1) is 0 Å². The first-order valence-corrected chi connectivity index (χ1v) is 7.25. The second-order valence-corrected chi connectivity index (χ2v) is 5.31. The van der Waals surface area contributed by atoms with Crippen molar-refractivity contribution in [2.24, 2.45) is 0 Å². The highest BCUT2D eigenvalue weighted by atomic mass is 16.2. The van der Waals surface area contributed by atoms with Crippen LogP contribution in [-0.2, 0) is 9.59 Å². The Balaban J connectivity index is 1.92. The highest BCUT2D eigenvalue weighted by molar-refractivity contribution is 5.92. The van der Waals surface area contributed by atoms with Crippen molar-refractivity contribution >= 4 is 11.8 Å². The van der Waals surface area contributed by atoms with Crippen LogP contribution in [0.15, 0.2) is 0 Å². The van der Waals surface area contributed by atoms with Crippen LogP contribution in [0.5, 0.6) is 0 Å². The molecule has 0 aliphatic carbocycles. The molecular weight excluding hydrogens is 260 g/mol. The van der Waals surface area contributed by atoms with E-state index in [-0.39, 0.29) is 11.8 Å². The van der Waals surface area contributed by atoms with E-state index in [9.17, 15) is 9.59 Å². The molecule has 3 rings (SSSR count). The van der Waals surface area contributed by atoms with Gasteiger partial charge in [-0.05, 0) is 0 Å². The summed E-state index contributed by atoms with van der Waals surface area (Å²) in [6, 6.07) is 0. The summed E-state index contributed by atoms with van der Waals surface area (Å²) in [6.07, 6.45) is 0. The Kier molecular flexibility index (Phi) is 3.88. The van der Waals surface area contributed by atoms with Crippen molar-refractivity contribution in [3.8, 4) is 0 Å². The third-order valence-electron chi connectivity index (χ3n) is 4.15. The lowest BCUT2D eigenvalue weighted by atomic mass is 10.1. The molecule has 8 heteroatoms. The number of hydrogen-bond donors (Lipinski definition) is 4. The fourth-order valence-electron chi connectivity index (χ4n) is 3.20. The van der Waals surface area contributed by atoms with Crippen LogP contribution in [0.2, 0.25) is 0 Å². The van der Waals surface area contributed by atoms with Crippen LogP contribution < -0.4 is 21.3 Å². The lowest BCUT2D eigenvalue weighted by Crippen LogP contribution is -2.82. The summed E-state index contributed by atoms with van der Waals surface area (Å²) >= 11 is 0. The van der Waals surface area contributed by atoms with Crippen LogP contribution in [0.3, 0.4) is 0 Å². The first-order chi connectivity index (χ1) is 9.75. The molecule has 1 atom stereocenters. The Morgan fingerprint density at radius 2 is 1.65 bits per heavy atom. The summed E-state index contributed by atoms with van der Waals surface area (Å²) in [6.45, 7) is 5.99. The number of amides is 2. The number of piperazine rings is 3. The molecule has 0 aromatic carbocycles. The van der Waals surface area contributed by atoms with E-state index in [1.165, 1.54) is 0 Å². The molecule has 0 aromatic rings. The van der Waals surface area contributed by atoms with Gasteiger partial charge in [-0.25, -0.2) is 0 Å². The zero-order valence-corrected chi connectivity index (χ0v) is 11.6. The van der Waals surface area contributed by atoms with Crippen molar-refractivity contribution in [1.82, 2.24) is 31.1 Å². The molecular formula is C12H22N6O2. The standard InChI is InChI=1S/C12H22N6O2/c19-10-9-14-5-8-18(10)12(11(20)15-1-2-16-12)17-6-3-13-4-7-17/h13-14,16H,1-9H2,(H,15,20). The predicted octanol–water partition coefficient (Wildman–Crippen LogP) is -3.30. The maximum atomic E-state index is 12.6. The SMILES string of the molecule is O=C1CNCCN1C1(N2CCNCC2)NCCNC1=O. The fourth-order valence-corrected chi connectivity index (χ4v) is 3.20. The lowest BCUT2D eigenvalue weighted by Gasteiger charge is -2.53. The molecule has 3 saturated heterocycles. The van der Waals surface area contributed by atoms with Crippen LogP contribution in [0.1, 0.15) is 0 Å². The maximum absolute atomic E-state index is 12.6. The first kappa shape index (κ1) is 13.7. The van der Waals surface area contributed by atoms with Crippen molar-refractivity contribution in [1.29, 1.82) is 0 Å². The van der Waals surface area contributed by atoms with Crippen molar-refractivity contribution < 1.29 is 9.59 Å². The first-order valence-electron chi connectivity index (χ1n) is 7.25. The van der Waals surface area contributed by atoms with E-state index in [0.29, 0.717) is 32.7 Å². The molecule has 3 aliphatic heterocycles. The van der Waals surface area contributed by atoms with Gasteiger partial charge in [-0.2, -0.15) is 0 Å². The van der Waals surface area contributed by atoms with Gasteiger partial charge in [0.1, 0.15) is 0 Å². The minimum Gasteiger partial charge on any atom is -0.350 e. The molecule has 20 heavy (non-hydrogen) atoms. The van der Waals surface area contributed by atoms with Crippen molar-refractivity contribution in [2.45, 2.75) is 5.79 Å². The van der Waals surface area contributed by atoms with Gasteiger partial charge in [-0.3, -0.25) is 19.8 Å². The van der Waals surface area contributed by atoms with Gasteiger partial charge in [0.05, 0.1) is 6.54 Å². The quantitative estimate of drug-likeness (QED) is 0.424. The minimum absolute atomic E-state index is 0.0284. The summed E-state index contributed by atoms with van der Waals surface area (Å²) in [7, 11) is 0. The molecule has 8 nitrogen and oxygen atoms in total. The van der Waals surface area contributed by atoms with Gasteiger partial charge in [-0.15, -0.1) is 0 Å². The Morgan fingerprint density at radius 3 is 2.35 bits per heavy atom. The number of hydrogen-bond acceptors (Lipinski definition) is 6. The molecule has 0 bridgehead atoms. The average molecular weight is 282 g/mol. The fraction of sp³-hybridized carbons (Fsp3) is 0.833. The second kappa shape index (κ2) is 5.65. The smallest absolute Gasteiger partial charge is 0.277 e. The molecule has 0 radical (unpaired) electrons. The van der Waals surface area contributed by atoms with Crippen molar-refractivity contribution in [2.75, 3.05) is 58.9 Å². The van der Waals surface area contributed by atoms with Gasteiger partial charge in [0.2, 0.25) is 11.7 Å². The molecule has 3 heterocycles. The zero-order valence-electron chi connectivity index (χ0n) is 11.6. The Morgan fingerprint density at radius 1 is 0.900 bits per heavy atom. The number of nitrogens with one attached hydrogen (secondary N) is 4. The molecule has 3 aliphatic rings. The molecule has 112 valence electrons. The van der Waals surface area contributed by atoms with Crippen molar-refractivity contribution in [3.63, 3.8) is 0 Å². The Labute approximate surface area is 118 Å². The van der Waals surface area contributed by atoms with Crippen LogP contribution >= 0.6 is 0 Å². The number of nitrogens with zero attached hydrogens (tertiary/aromatic N) is 2. The van der Waals surface area contributed by atoms with Crippen molar-refractivity contribution in [3.05, 3.63) is 0 Å². The maximum Gasteiger partial charge on any atom is 0.277 e. The third kappa shape index (κ3) is 2.18. The summed E-state index contributed by atoms with van der Waals surface area (Å²) in [4.78, 5) is 28.7. The molecule has 1 unspecified atom stereocenters. The van der Waals surface area contributed by atoms with Gasteiger partial charge in [-0.1, -0.05) is 0 Å². The van der Waals surface area contributed by atoms with Gasteiger partial charge < -0.3 is 20.9 Å². The van der Waals surface area contributed by atoms with E-state index in [1.54, 1.807) is 4.90 Å². The normalized spacial score (nSPS) is 33.1. The van der Waals surface area contributed by atoms with Gasteiger partial charge in [0.25, 0.3) is 5.91 Å². The van der Waals surface area contributed by atoms with Gasteiger partial charge in [0.15, 0.2) is 0 Å². The summed E-state index contributed by atoms with van der Waals surface area (Å²) < 4.78 is 0. The van der Waals surface area contributed by atoms with E-state index in [1.807, 2.05) is 0 Å². The van der Waals surface area contributed by atoms with E-state index >= 15 is 0 Å². The minimum atomic E-state index is -1.01. The van der Waals surface area contributed by atoms with E-state index < -0.39 is 5.79 Å². The number of carbonyl (C=O) groups is 2. The largest absolute Gasteiger partial charge is 0.350 e. The van der Waals surface area contributed by atoms with E-state index in [2.05, 4.69) is 26.2 Å². The second-order valence-electron chi connectivity index (χ2n) is 5.31. The predicted molar refractivity (Wildman–Crippen MR) is 72.8 cm³/mol. The molecule has 4 N–H and O–H groups in total. The van der Waals surface area contributed by atoms with E-state index in [4.69, 9.17) is 0 Å². The summed E-state index contributed by atoms with van der Waals surface area (Å²) in [5.74, 6) is -1.15. The van der Waals surface area contributed by atoms with Gasteiger partial charge >= 0.3 is 0 Å². The summed E-state index contributed by atoms with van der Waals surface area (Å²) in [5.41, 5.74) is 0. The van der Waals surface area contributed by atoms with E-state index in [0.717, 1.165) is 26.2 Å². The van der Waals surface area contributed by atoms with Crippen LogP contribution in [0.4, 0.5) is 0 Å². The molecule has 0 saturated carbocycles. The molecule has 0 spiro atoms. The monoisotopic (exact) mass is 282 g/mol. The number of rotatable bonds is 2. The molecule has 3 fully saturated rings. The zero-order chi connectivity index (χ0) is 14.0. The van der Waals surface area contributed by atoms with Crippen LogP contribution in [0.25, 0.3) is 0 Å². The molecule has 0 aromatic heterocycles. The number of carbonyl (C=O) groups excluding carboxylic acids is 2. The summed E-state index contributed by atoms with van der Waals surface area (Å²) in [5, 5.41) is 12.6. The Bertz CT molecular complexity index is 397. The lowest BCUT2D eigenvalue weighted by molar-refractivity contribution is -0.173. The molecule has 2 amide bonds. The van der Waals surface area contributed by atoms with Gasteiger partial charge in [0, 0.05) is 52.4 Å².